The maximum Gasteiger partial charge on any atom is 0.341 e. The molecule has 0 saturated carbocycles. The summed E-state index contributed by atoms with van der Waals surface area (Å²) in [7, 11) is 0. The monoisotopic (exact) mass is 181 g/mol. The smallest absolute Gasteiger partial charge is 0.341 e. The molecule has 4 nitrogen and oxygen atoms in total. The summed E-state index contributed by atoms with van der Waals surface area (Å²) in [4.78, 5) is 14.6. The van der Waals surface area contributed by atoms with Gasteiger partial charge in [0.05, 0.1) is 0 Å². The van der Waals surface area contributed by atoms with Gasteiger partial charge < -0.3 is 10.2 Å². The van der Waals surface area contributed by atoms with Crippen LogP contribution in [0.3, 0.4) is 0 Å². The summed E-state index contributed by atoms with van der Waals surface area (Å²) in [6.07, 6.45) is 1.87. The number of carbonyl (C=O) groups is 1. The molecule has 1 radical (unpaired) electrons. The molecule has 3 N–H and O–H groups in total. The van der Waals surface area contributed by atoms with Crippen LogP contribution in [0.5, 0.6) is 0 Å². The van der Waals surface area contributed by atoms with Gasteiger partial charge in [-0.15, -0.1) is 0 Å². The number of nitrogens with two attached hydrogens (primary N) is 1. The van der Waals surface area contributed by atoms with Crippen LogP contribution in [0.4, 0.5) is 0 Å². The molecule has 1 atom stereocenters. The van der Waals surface area contributed by atoms with Gasteiger partial charge >= 0.3 is 5.97 Å². The number of nitrogens with one attached hydrogen (secondary N) is 1. The van der Waals surface area contributed by atoms with Crippen LogP contribution in [-0.2, 0) is 28.2 Å². The Morgan fingerprint density at radius 3 is 2.80 bits per heavy atom. The van der Waals surface area contributed by atoms with E-state index in [2.05, 4.69) is 16.1 Å². The van der Waals surface area contributed by atoms with Crippen molar-refractivity contribution in [2.24, 2.45) is 5.90 Å². The number of hydrogen-bond donors (Lipinski definition) is 2. The van der Waals surface area contributed by atoms with Crippen molar-refractivity contribution in [1.82, 2.24) is 5.32 Å². The Kier molecular flexibility index (Phi) is 4.73. The molecule has 0 amide bonds. The van der Waals surface area contributed by atoms with Crippen LogP contribution >= 0.6 is 0 Å². The van der Waals surface area contributed by atoms with E-state index in [4.69, 9.17) is 0 Å². The Morgan fingerprint density at radius 1 is 1.70 bits per heavy atom. The fourth-order valence-electron chi connectivity index (χ4n) is 0.968. The molecular weight excluding hydrogens is 171 g/mol. The maximum absolute atomic E-state index is 10.6. The SMILES string of the molecule is NOC(=O)[C@@H]1CCCN1.[V]. The van der Waals surface area contributed by atoms with Gasteiger partial charge in [-0.1, -0.05) is 0 Å². The first-order chi connectivity index (χ1) is 4.34. The molecule has 1 rings (SSSR count). The Bertz CT molecular complexity index is 114. The Labute approximate surface area is 71.3 Å². The van der Waals surface area contributed by atoms with Gasteiger partial charge in [0.1, 0.15) is 6.04 Å². The summed E-state index contributed by atoms with van der Waals surface area (Å²) in [5.41, 5.74) is 0. The first-order valence-corrected chi connectivity index (χ1v) is 2.98. The molecule has 1 aliphatic heterocycles. The van der Waals surface area contributed by atoms with E-state index in [9.17, 15) is 4.79 Å². The predicted octanol–water partition coefficient (Wildman–Crippen LogP) is -0.847. The van der Waals surface area contributed by atoms with Crippen molar-refractivity contribution < 1.29 is 28.2 Å². The zero-order valence-electron chi connectivity index (χ0n) is 5.54. The number of hydrogen-bond acceptors (Lipinski definition) is 4. The third-order valence-corrected chi connectivity index (χ3v) is 1.46. The van der Waals surface area contributed by atoms with Gasteiger partial charge in [-0.25, -0.2) is 4.79 Å². The van der Waals surface area contributed by atoms with E-state index in [1.165, 1.54) is 0 Å². The van der Waals surface area contributed by atoms with Crippen molar-refractivity contribution in [3.63, 3.8) is 0 Å². The van der Waals surface area contributed by atoms with E-state index < -0.39 is 0 Å². The van der Waals surface area contributed by atoms with Gasteiger partial charge in [0.2, 0.25) is 0 Å². The summed E-state index contributed by atoms with van der Waals surface area (Å²) in [6.45, 7) is 0.889. The molecular formula is C5H10N2O2V. The van der Waals surface area contributed by atoms with Crippen molar-refractivity contribution in [3.8, 4) is 0 Å². The second-order valence-corrected chi connectivity index (χ2v) is 2.09. The van der Waals surface area contributed by atoms with Crippen LogP contribution in [-0.4, -0.2) is 18.6 Å². The van der Waals surface area contributed by atoms with E-state index in [-0.39, 0.29) is 30.6 Å². The third kappa shape index (κ3) is 2.30. The summed E-state index contributed by atoms with van der Waals surface area (Å²) in [6, 6.07) is -0.157. The minimum atomic E-state index is -0.354. The predicted molar refractivity (Wildman–Crippen MR) is 31.3 cm³/mol. The van der Waals surface area contributed by atoms with E-state index in [0.29, 0.717) is 0 Å². The molecule has 5 heteroatoms. The summed E-state index contributed by atoms with van der Waals surface area (Å²) >= 11 is 0. The van der Waals surface area contributed by atoms with Gasteiger partial charge in [-0.05, 0) is 19.4 Å². The van der Waals surface area contributed by atoms with E-state index in [1.54, 1.807) is 0 Å². The number of carbonyl (C=O) groups excluding carboxylic acids is 1. The largest absolute Gasteiger partial charge is 0.372 e. The second-order valence-electron chi connectivity index (χ2n) is 2.09. The van der Waals surface area contributed by atoms with Gasteiger partial charge in [0, 0.05) is 18.6 Å². The minimum absolute atomic E-state index is 0. The van der Waals surface area contributed by atoms with Crippen LogP contribution in [0.1, 0.15) is 12.8 Å². The molecule has 0 aliphatic carbocycles. The molecule has 1 aliphatic rings. The molecule has 1 fully saturated rings. The second kappa shape index (κ2) is 4.74. The Morgan fingerprint density at radius 2 is 2.40 bits per heavy atom. The van der Waals surface area contributed by atoms with Gasteiger partial charge in [0.25, 0.3) is 0 Å². The third-order valence-electron chi connectivity index (χ3n) is 1.46. The van der Waals surface area contributed by atoms with Crippen molar-refractivity contribution in [1.29, 1.82) is 0 Å². The van der Waals surface area contributed by atoms with Crippen LogP contribution in [0, 0.1) is 0 Å². The van der Waals surface area contributed by atoms with Crippen molar-refractivity contribution in [3.05, 3.63) is 0 Å². The summed E-state index contributed by atoms with van der Waals surface area (Å²) < 4.78 is 0. The van der Waals surface area contributed by atoms with Crippen molar-refractivity contribution in [2.75, 3.05) is 6.54 Å². The molecule has 0 spiro atoms. The molecule has 0 bridgehead atoms. The van der Waals surface area contributed by atoms with Crippen LogP contribution in [0.25, 0.3) is 0 Å². The average Bonchev–Trinajstić information content (AvgIpc) is 2.37. The fourth-order valence-corrected chi connectivity index (χ4v) is 0.968. The van der Waals surface area contributed by atoms with Gasteiger partial charge in [0.15, 0.2) is 0 Å². The molecule has 0 unspecified atom stereocenters. The molecule has 1 heterocycles. The number of rotatable bonds is 1. The molecule has 1 saturated heterocycles. The summed E-state index contributed by atoms with van der Waals surface area (Å²) in [5.74, 6) is 4.31. The van der Waals surface area contributed by atoms with Gasteiger partial charge in [-0.2, -0.15) is 5.90 Å². The Balaban J connectivity index is 0.000000810. The van der Waals surface area contributed by atoms with Crippen LogP contribution < -0.4 is 11.2 Å². The van der Waals surface area contributed by atoms with E-state index in [1.807, 2.05) is 0 Å². The fraction of sp³-hybridized carbons (Fsp3) is 0.800. The standard InChI is InChI=1S/C5H10N2O2.V/c6-9-5(8)4-2-1-3-7-4;/h4,7H,1-3,6H2;/t4-;/m0./s1. The average molecular weight is 181 g/mol. The van der Waals surface area contributed by atoms with Crippen LogP contribution in [0.2, 0.25) is 0 Å². The van der Waals surface area contributed by atoms with Crippen LogP contribution in [0.15, 0.2) is 0 Å². The zero-order chi connectivity index (χ0) is 6.69. The van der Waals surface area contributed by atoms with E-state index >= 15 is 0 Å². The zero-order valence-corrected chi connectivity index (χ0v) is 6.94. The summed E-state index contributed by atoms with van der Waals surface area (Å²) in [5, 5.41) is 2.95. The molecule has 0 aromatic carbocycles. The van der Waals surface area contributed by atoms with Gasteiger partial charge in [-0.3, -0.25) is 0 Å². The van der Waals surface area contributed by atoms with Crippen molar-refractivity contribution in [2.45, 2.75) is 18.9 Å². The molecule has 0 aromatic rings. The topological polar surface area (TPSA) is 64.3 Å². The van der Waals surface area contributed by atoms with Crippen molar-refractivity contribution >= 4 is 5.97 Å². The Hall–Kier alpha value is -0.0256. The first kappa shape index (κ1) is 9.97. The maximum atomic E-state index is 10.6. The molecule has 57 valence electrons. The normalized spacial score (nSPS) is 23.5. The molecule has 10 heavy (non-hydrogen) atoms. The molecule has 0 aromatic heterocycles. The quantitative estimate of drug-likeness (QED) is 0.517. The first-order valence-electron chi connectivity index (χ1n) is 2.98. The van der Waals surface area contributed by atoms with E-state index in [0.717, 1.165) is 19.4 Å². The minimum Gasteiger partial charge on any atom is -0.372 e.